The van der Waals surface area contributed by atoms with Crippen molar-refractivity contribution < 1.29 is 13.6 Å². The second kappa shape index (κ2) is 4.39. The summed E-state index contributed by atoms with van der Waals surface area (Å²) < 4.78 is 27.5. The van der Waals surface area contributed by atoms with Crippen molar-refractivity contribution in [3.63, 3.8) is 0 Å². The van der Waals surface area contributed by atoms with Crippen LogP contribution >= 0.6 is 0 Å². The number of halogens is 2. The zero-order valence-corrected chi connectivity index (χ0v) is 10.8. The Morgan fingerprint density at radius 2 is 1.83 bits per heavy atom. The molecule has 0 spiro atoms. The molecule has 0 N–H and O–H groups in total. The number of nitrogens with zero attached hydrogens (tertiary/aromatic N) is 5. The Bertz CT molecular complexity index is 514. The molecule has 1 aromatic rings. The summed E-state index contributed by atoms with van der Waals surface area (Å²) in [6, 6.07) is -4.55. The third-order valence-electron chi connectivity index (χ3n) is 2.41. The van der Waals surface area contributed by atoms with E-state index in [1.54, 1.807) is 14.1 Å². The average Bonchev–Trinajstić information content (AvgIpc) is 2.53. The molecule has 1 heterocycles. The third kappa shape index (κ3) is 2.34. The highest BCUT2D eigenvalue weighted by Gasteiger charge is 2.34. The van der Waals surface area contributed by atoms with Gasteiger partial charge in [0.1, 0.15) is 0 Å². The largest absolute Gasteiger partial charge is 0.355 e. The van der Waals surface area contributed by atoms with E-state index < -0.39 is 17.8 Å². The SMILES string of the molecule is CN(C)c1nn(C(=O)N(C)C(C)(F)F)c(=O)n1C. The van der Waals surface area contributed by atoms with Crippen molar-refractivity contribution in [3.05, 3.63) is 10.5 Å². The zero-order chi connectivity index (χ0) is 14.2. The summed E-state index contributed by atoms with van der Waals surface area (Å²) in [7, 11) is 5.54. The number of hydrogen-bond donors (Lipinski definition) is 0. The molecular weight excluding hydrogens is 248 g/mol. The topological polar surface area (TPSA) is 63.4 Å². The number of alkyl halides is 2. The fourth-order valence-corrected chi connectivity index (χ4v) is 1.25. The molecule has 18 heavy (non-hydrogen) atoms. The van der Waals surface area contributed by atoms with Gasteiger partial charge in [0.15, 0.2) is 0 Å². The van der Waals surface area contributed by atoms with Crippen molar-refractivity contribution in [2.75, 3.05) is 26.0 Å². The van der Waals surface area contributed by atoms with E-state index in [2.05, 4.69) is 5.10 Å². The number of carbonyl (C=O) groups is 1. The molecule has 1 aromatic heterocycles. The maximum absolute atomic E-state index is 13.0. The maximum atomic E-state index is 13.0. The summed E-state index contributed by atoms with van der Waals surface area (Å²) in [5.74, 6) is 0.196. The number of anilines is 1. The van der Waals surface area contributed by atoms with Crippen LogP contribution in [0.4, 0.5) is 19.5 Å². The van der Waals surface area contributed by atoms with Crippen LogP contribution in [-0.2, 0) is 7.05 Å². The van der Waals surface area contributed by atoms with Gasteiger partial charge < -0.3 is 4.90 Å². The van der Waals surface area contributed by atoms with Crippen molar-refractivity contribution in [2.45, 2.75) is 13.0 Å². The fourth-order valence-electron chi connectivity index (χ4n) is 1.25. The van der Waals surface area contributed by atoms with Gasteiger partial charge in [0.05, 0.1) is 0 Å². The Labute approximate surface area is 102 Å². The van der Waals surface area contributed by atoms with Crippen LogP contribution in [0.3, 0.4) is 0 Å². The number of rotatable bonds is 2. The molecule has 0 saturated carbocycles. The lowest BCUT2D eigenvalue weighted by Crippen LogP contribution is -2.46. The van der Waals surface area contributed by atoms with Crippen molar-refractivity contribution in [3.8, 4) is 0 Å². The predicted molar refractivity (Wildman–Crippen MR) is 61.0 cm³/mol. The van der Waals surface area contributed by atoms with Crippen molar-refractivity contribution in [1.29, 1.82) is 0 Å². The predicted octanol–water partition coefficient (Wildman–Crippen LogP) is 0.160. The highest BCUT2D eigenvalue weighted by Crippen LogP contribution is 2.17. The van der Waals surface area contributed by atoms with Gasteiger partial charge in [0.2, 0.25) is 5.95 Å². The first-order valence-electron chi connectivity index (χ1n) is 5.06. The van der Waals surface area contributed by atoms with Crippen LogP contribution in [0.5, 0.6) is 0 Å². The first-order chi connectivity index (χ1) is 8.07. The Morgan fingerprint density at radius 1 is 1.33 bits per heavy atom. The highest BCUT2D eigenvalue weighted by molar-refractivity contribution is 5.76. The molecule has 1 amide bonds. The lowest BCUT2D eigenvalue weighted by atomic mass is 10.5. The molecule has 0 fully saturated rings. The standard InChI is InChI=1S/C9H15F2N5O2/c1-9(10,11)15(5)8(18)16-7(17)14(4)6(12-16)13(2)3/h1-5H3. The second-order valence-electron chi connectivity index (χ2n) is 4.13. The van der Waals surface area contributed by atoms with Crippen LogP contribution in [0.25, 0.3) is 0 Å². The van der Waals surface area contributed by atoms with E-state index in [-0.39, 0.29) is 10.8 Å². The smallest absolute Gasteiger partial charge is 0.347 e. The Morgan fingerprint density at radius 3 is 2.17 bits per heavy atom. The third-order valence-corrected chi connectivity index (χ3v) is 2.41. The van der Waals surface area contributed by atoms with E-state index >= 15 is 0 Å². The van der Waals surface area contributed by atoms with E-state index in [9.17, 15) is 18.4 Å². The second-order valence-corrected chi connectivity index (χ2v) is 4.13. The van der Waals surface area contributed by atoms with Crippen LogP contribution in [0.2, 0.25) is 0 Å². The highest BCUT2D eigenvalue weighted by atomic mass is 19.3. The molecule has 0 radical (unpaired) electrons. The molecule has 0 atom stereocenters. The minimum Gasteiger partial charge on any atom is -0.347 e. The van der Waals surface area contributed by atoms with Crippen LogP contribution in [0, 0.1) is 0 Å². The Hall–Kier alpha value is -1.93. The molecule has 7 nitrogen and oxygen atoms in total. The number of carbonyl (C=O) groups excluding carboxylic acids is 1. The van der Waals surface area contributed by atoms with Gasteiger partial charge in [-0.2, -0.15) is 8.78 Å². The van der Waals surface area contributed by atoms with E-state index in [1.165, 1.54) is 11.9 Å². The molecule has 0 saturated heterocycles. The van der Waals surface area contributed by atoms with Crippen LogP contribution in [-0.4, -0.2) is 52.5 Å². The van der Waals surface area contributed by atoms with Crippen molar-refractivity contribution >= 4 is 12.0 Å². The average molecular weight is 263 g/mol. The molecule has 0 aliphatic heterocycles. The monoisotopic (exact) mass is 263 g/mol. The summed E-state index contributed by atoms with van der Waals surface area (Å²) in [5, 5.41) is 3.71. The molecule has 9 heteroatoms. The Balaban J connectivity index is 3.24. The summed E-state index contributed by atoms with van der Waals surface area (Å²) in [6.45, 7) is 0.561. The lowest BCUT2D eigenvalue weighted by molar-refractivity contribution is -0.0909. The Kier molecular flexibility index (Phi) is 3.45. The molecule has 0 aliphatic rings. The van der Waals surface area contributed by atoms with Crippen LogP contribution in [0.1, 0.15) is 6.92 Å². The van der Waals surface area contributed by atoms with Gasteiger partial charge in [-0.15, -0.1) is 9.78 Å². The molecular formula is C9H15F2N5O2. The van der Waals surface area contributed by atoms with E-state index in [0.717, 1.165) is 11.6 Å². The summed E-state index contributed by atoms with van der Waals surface area (Å²) in [4.78, 5) is 25.1. The van der Waals surface area contributed by atoms with Gasteiger partial charge >= 0.3 is 17.8 Å². The molecule has 1 rings (SSSR count). The van der Waals surface area contributed by atoms with E-state index in [4.69, 9.17) is 0 Å². The minimum absolute atomic E-state index is 0.154. The molecule has 0 bridgehead atoms. The van der Waals surface area contributed by atoms with Crippen LogP contribution < -0.4 is 10.6 Å². The zero-order valence-electron chi connectivity index (χ0n) is 10.8. The number of aromatic nitrogens is 3. The summed E-state index contributed by atoms with van der Waals surface area (Å²) in [5.41, 5.74) is -0.778. The minimum atomic E-state index is -3.37. The molecule has 0 unspecified atom stereocenters. The first kappa shape index (κ1) is 14.1. The number of amides is 1. The van der Waals surface area contributed by atoms with Crippen molar-refractivity contribution in [2.24, 2.45) is 7.05 Å². The normalized spacial score (nSPS) is 11.5. The van der Waals surface area contributed by atoms with Crippen molar-refractivity contribution in [1.82, 2.24) is 19.2 Å². The van der Waals surface area contributed by atoms with Gasteiger partial charge in [0, 0.05) is 35.1 Å². The van der Waals surface area contributed by atoms with Gasteiger partial charge in [-0.3, -0.25) is 9.47 Å². The van der Waals surface area contributed by atoms with Gasteiger partial charge in [-0.1, -0.05) is 0 Å². The number of hydrogen-bond acceptors (Lipinski definition) is 4. The van der Waals surface area contributed by atoms with E-state index in [1.807, 2.05) is 0 Å². The molecule has 0 aromatic carbocycles. The van der Waals surface area contributed by atoms with Gasteiger partial charge in [-0.05, 0) is 0 Å². The van der Waals surface area contributed by atoms with Gasteiger partial charge in [0.25, 0.3) is 0 Å². The quantitative estimate of drug-likeness (QED) is 0.713. The van der Waals surface area contributed by atoms with Gasteiger partial charge in [-0.25, -0.2) is 9.59 Å². The lowest BCUT2D eigenvalue weighted by Gasteiger charge is -2.22. The van der Waals surface area contributed by atoms with E-state index in [0.29, 0.717) is 11.6 Å². The fraction of sp³-hybridized carbons (Fsp3) is 0.667. The summed E-state index contributed by atoms with van der Waals surface area (Å²) in [6.07, 6.45) is 0. The maximum Gasteiger partial charge on any atom is 0.355 e. The van der Waals surface area contributed by atoms with Crippen LogP contribution in [0.15, 0.2) is 4.79 Å². The summed E-state index contributed by atoms with van der Waals surface area (Å²) >= 11 is 0. The molecule has 0 aliphatic carbocycles. The first-order valence-corrected chi connectivity index (χ1v) is 5.06. The molecule has 102 valence electrons.